The zero-order valence-electron chi connectivity index (χ0n) is 15.3. The number of carbonyl (C=O) groups excluding carboxylic acids is 1. The van der Waals surface area contributed by atoms with Crippen molar-refractivity contribution in [3.8, 4) is 0 Å². The minimum absolute atomic E-state index is 0.166. The number of hydrogen-bond donors (Lipinski definition) is 1. The summed E-state index contributed by atoms with van der Waals surface area (Å²) in [4.78, 5) is 14.6. The van der Waals surface area contributed by atoms with Gasteiger partial charge in [-0.2, -0.15) is 4.31 Å². The van der Waals surface area contributed by atoms with Crippen molar-refractivity contribution in [1.82, 2.24) is 9.21 Å². The van der Waals surface area contributed by atoms with E-state index in [1.165, 1.54) is 28.6 Å². The molecule has 2 aromatic carbocycles. The number of rotatable bonds is 4. The number of carbonyl (C=O) groups is 1. The number of hydrogen-bond acceptors (Lipinski definition) is 4. The van der Waals surface area contributed by atoms with Crippen LogP contribution >= 0.6 is 0 Å². The van der Waals surface area contributed by atoms with Crippen molar-refractivity contribution in [2.24, 2.45) is 0 Å². The molecule has 0 radical (unpaired) electrons. The van der Waals surface area contributed by atoms with E-state index in [0.29, 0.717) is 37.4 Å². The minimum atomic E-state index is -3.65. The Morgan fingerprint density at radius 1 is 1.07 bits per heavy atom. The van der Waals surface area contributed by atoms with Crippen LogP contribution in [-0.2, 0) is 10.0 Å². The Morgan fingerprint density at radius 3 is 2.44 bits per heavy atom. The number of benzene rings is 2. The molecule has 0 bridgehead atoms. The molecule has 0 aromatic heterocycles. The quantitative estimate of drug-likeness (QED) is 0.869. The Balaban J connectivity index is 1.85. The van der Waals surface area contributed by atoms with Crippen LogP contribution in [-0.4, -0.2) is 56.8 Å². The minimum Gasteiger partial charge on any atom is -0.322 e. The van der Waals surface area contributed by atoms with Gasteiger partial charge in [-0.3, -0.25) is 4.79 Å². The number of anilines is 1. The lowest BCUT2D eigenvalue weighted by Crippen LogP contribution is -2.47. The predicted octanol–water partition coefficient (Wildman–Crippen LogP) is 2.32. The van der Waals surface area contributed by atoms with Crippen molar-refractivity contribution in [2.75, 3.05) is 38.5 Å². The molecule has 0 aliphatic carbocycles. The van der Waals surface area contributed by atoms with E-state index >= 15 is 0 Å². The second-order valence-electron chi connectivity index (χ2n) is 6.65. The fraction of sp³-hybridized carbons (Fsp3) is 0.316. The summed E-state index contributed by atoms with van der Waals surface area (Å²) in [5.74, 6) is -1.01. The highest BCUT2D eigenvalue weighted by atomic mass is 32.2. The maximum absolute atomic E-state index is 13.3. The summed E-state index contributed by atoms with van der Waals surface area (Å²) in [6.45, 7) is 3.93. The van der Waals surface area contributed by atoms with Gasteiger partial charge in [0.1, 0.15) is 5.82 Å². The van der Waals surface area contributed by atoms with E-state index in [0.717, 1.165) is 6.07 Å². The first-order valence-electron chi connectivity index (χ1n) is 8.63. The average Bonchev–Trinajstić information content (AvgIpc) is 2.63. The van der Waals surface area contributed by atoms with Gasteiger partial charge in [-0.05, 0) is 49.9 Å². The van der Waals surface area contributed by atoms with Gasteiger partial charge >= 0.3 is 0 Å². The van der Waals surface area contributed by atoms with Crippen molar-refractivity contribution < 1.29 is 17.6 Å². The molecule has 1 amide bonds. The largest absolute Gasteiger partial charge is 0.322 e. The molecule has 2 aromatic rings. The van der Waals surface area contributed by atoms with E-state index in [-0.39, 0.29) is 10.5 Å². The van der Waals surface area contributed by atoms with Gasteiger partial charge in [0.05, 0.1) is 4.90 Å². The molecule has 0 unspecified atom stereocenters. The molecule has 3 rings (SSSR count). The van der Waals surface area contributed by atoms with Crippen molar-refractivity contribution in [2.45, 2.75) is 11.8 Å². The molecule has 1 aliphatic rings. The van der Waals surface area contributed by atoms with E-state index in [9.17, 15) is 17.6 Å². The molecular weight excluding hydrogens is 369 g/mol. The smallest absolute Gasteiger partial charge is 0.255 e. The van der Waals surface area contributed by atoms with Gasteiger partial charge in [0.25, 0.3) is 5.91 Å². The first-order chi connectivity index (χ1) is 12.8. The number of piperazine rings is 1. The van der Waals surface area contributed by atoms with E-state index in [2.05, 4.69) is 10.2 Å². The number of nitrogens with zero attached hydrogens (tertiary/aromatic N) is 2. The monoisotopic (exact) mass is 391 g/mol. The SMILES string of the molecule is Cc1ccc(NC(=O)c2cccc(F)c2)cc1S(=O)(=O)N1CCN(C)CC1. The Labute approximate surface area is 158 Å². The topological polar surface area (TPSA) is 69.7 Å². The van der Waals surface area contributed by atoms with Gasteiger partial charge in [0.2, 0.25) is 10.0 Å². The Morgan fingerprint density at radius 2 is 1.78 bits per heavy atom. The number of nitrogens with one attached hydrogen (secondary N) is 1. The summed E-state index contributed by atoms with van der Waals surface area (Å²) >= 11 is 0. The molecule has 6 nitrogen and oxygen atoms in total. The lowest BCUT2D eigenvalue weighted by atomic mass is 10.2. The third-order valence-corrected chi connectivity index (χ3v) is 6.65. The fourth-order valence-electron chi connectivity index (χ4n) is 2.96. The highest BCUT2D eigenvalue weighted by Crippen LogP contribution is 2.25. The summed E-state index contributed by atoms with van der Waals surface area (Å²) in [5, 5.41) is 2.64. The van der Waals surface area contributed by atoms with E-state index in [1.54, 1.807) is 19.1 Å². The van der Waals surface area contributed by atoms with Crippen LogP contribution in [0.1, 0.15) is 15.9 Å². The van der Waals surface area contributed by atoms with Gasteiger partial charge in [0.15, 0.2) is 0 Å². The highest BCUT2D eigenvalue weighted by Gasteiger charge is 2.29. The molecule has 0 atom stereocenters. The Hall–Kier alpha value is -2.29. The fourth-order valence-corrected chi connectivity index (χ4v) is 4.63. The van der Waals surface area contributed by atoms with Crippen molar-refractivity contribution in [1.29, 1.82) is 0 Å². The zero-order chi connectivity index (χ0) is 19.6. The summed E-state index contributed by atoms with van der Waals surface area (Å²) in [6.07, 6.45) is 0. The van der Waals surface area contributed by atoms with Crippen LogP contribution in [0.4, 0.5) is 10.1 Å². The molecule has 0 spiro atoms. The van der Waals surface area contributed by atoms with Gasteiger partial charge in [-0.25, -0.2) is 12.8 Å². The molecule has 1 fully saturated rings. The van der Waals surface area contributed by atoms with Crippen molar-refractivity contribution in [3.05, 3.63) is 59.4 Å². The molecule has 144 valence electrons. The molecule has 1 aliphatic heterocycles. The van der Waals surface area contributed by atoms with Crippen molar-refractivity contribution in [3.63, 3.8) is 0 Å². The predicted molar refractivity (Wildman–Crippen MR) is 102 cm³/mol. The van der Waals surface area contributed by atoms with Gasteiger partial charge in [-0.1, -0.05) is 12.1 Å². The van der Waals surface area contributed by atoms with Crippen molar-refractivity contribution >= 4 is 21.6 Å². The number of halogens is 1. The third kappa shape index (κ3) is 4.35. The number of sulfonamides is 1. The number of aryl methyl sites for hydroxylation is 1. The lowest BCUT2D eigenvalue weighted by molar-refractivity contribution is 0.102. The number of amides is 1. The second-order valence-corrected chi connectivity index (χ2v) is 8.56. The second kappa shape index (κ2) is 7.75. The maximum Gasteiger partial charge on any atom is 0.255 e. The summed E-state index contributed by atoms with van der Waals surface area (Å²) in [6, 6.07) is 10.1. The van der Waals surface area contributed by atoms with E-state index in [4.69, 9.17) is 0 Å². The lowest BCUT2D eigenvalue weighted by Gasteiger charge is -2.32. The molecule has 1 saturated heterocycles. The Bertz CT molecular complexity index is 954. The van der Waals surface area contributed by atoms with E-state index < -0.39 is 21.7 Å². The van der Waals surface area contributed by atoms with Crippen LogP contribution in [0.25, 0.3) is 0 Å². The molecule has 0 saturated carbocycles. The summed E-state index contributed by atoms with van der Waals surface area (Å²) in [5.41, 5.74) is 1.12. The standard InChI is InChI=1S/C19H22FN3O3S/c1-14-6-7-17(21-19(24)15-4-3-5-16(20)12-15)13-18(14)27(25,26)23-10-8-22(2)9-11-23/h3-7,12-13H,8-11H2,1-2H3,(H,21,24). The van der Waals surface area contributed by atoms with Gasteiger partial charge < -0.3 is 10.2 Å². The molecular formula is C19H22FN3O3S. The third-order valence-electron chi connectivity index (χ3n) is 4.61. The first-order valence-corrected chi connectivity index (χ1v) is 10.1. The van der Waals surface area contributed by atoms with Crippen LogP contribution in [0.15, 0.2) is 47.4 Å². The Kier molecular flexibility index (Phi) is 5.59. The van der Waals surface area contributed by atoms with Crippen LogP contribution in [0.2, 0.25) is 0 Å². The molecule has 1 N–H and O–H groups in total. The molecule has 8 heteroatoms. The average molecular weight is 391 g/mol. The van der Waals surface area contributed by atoms with Crippen LogP contribution in [0, 0.1) is 12.7 Å². The van der Waals surface area contributed by atoms with Crippen LogP contribution in [0.5, 0.6) is 0 Å². The van der Waals surface area contributed by atoms with Gasteiger partial charge in [-0.15, -0.1) is 0 Å². The van der Waals surface area contributed by atoms with Crippen LogP contribution in [0.3, 0.4) is 0 Å². The molecule has 1 heterocycles. The summed E-state index contributed by atoms with van der Waals surface area (Å²) in [7, 11) is -1.69. The maximum atomic E-state index is 13.3. The number of likely N-dealkylation sites (N-methyl/N-ethyl adjacent to an activating group) is 1. The highest BCUT2D eigenvalue weighted by molar-refractivity contribution is 7.89. The zero-order valence-corrected chi connectivity index (χ0v) is 16.1. The molecule has 27 heavy (non-hydrogen) atoms. The summed E-state index contributed by atoms with van der Waals surface area (Å²) < 4.78 is 40.8. The van der Waals surface area contributed by atoms with Crippen LogP contribution < -0.4 is 5.32 Å². The van der Waals surface area contributed by atoms with E-state index in [1.807, 2.05) is 7.05 Å². The first kappa shape index (κ1) is 19.5. The van der Waals surface area contributed by atoms with Gasteiger partial charge in [0, 0.05) is 37.4 Å². The normalized spacial score (nSPS) is 16.3.